The summed E-state index contributed by atoms with van der Waals surface area (Å²) in [7, 11) is 0. The molecule has 2 nitrogen and oxygen atoms in total. The van der Waals surface area contributed by atoms with Crippen molar-refractivity contribution in [3.8, 4) is 0 Å². The van der Waals surface area contributed by atoms with Crippen molar-refractivity contribution < 1.29 is 4.74 Å². The molecule has 1 aromatic carbocycles. The van der Waals surface area contributed by atoms with Crippen LogP contribution in [-0.4, -0.2) is 25.3 Å². The van der Waals surface area contributed by atoms with Gasteiger partial charge in [0.2, 0.25) is 0 Å². The molecule has 75 valence electrons. The van der Waals surface area contributed by atoms with Crippen molar-refractivity contribution in [3.63, 3.8) is 0 Å². The quantitative estimate of drug-likeness (QED) is 0.672. The smallest absolute Gasteiger partial charge is 0.0726 e. The molecule has 0 N–H and O–H groups in total. The summed E-state index contributed by atoms with van der Waals surface area (Å²) in [5.41, 5.74) is 1.18. The second-order valence-electron chi connectivity index (χ2n) is 3.91. The van der Waals surface area contributed by atoms with Crippen molar-refractivity contribution >= 4 is 5.69 Å². The van der Waals surface area contributed by atoms with E-state index in [4.69, 9.17) is 4.74 Å². The third-order valence-electron chi connectivity index (χ3n) is 2.45. The maximum absolute atomic E-state index is 5.68. The van der Waals surface area contributed by atoms with Gasteiger partial charge in [-0.2, -0.15) is 0 Å². The minimum Gasteiger partial charge on any atom is -0.372 e. The summed E-state index contributed by atoms with van der Waals surface area (Å²) in [5.74, 6) is 0. The highest BCUT2D eigenvalue weighted by Crippen LogP contribution is 2.18. The molecule has 0 amide bonds. The van der Waals surface area contributed by atoms with E-state index in [1.54, 1.807) is 0 Å². The molecule has 14 heavy (non-hydrogen) atoms. The lowest BCUT2D eigenvalue weighted by atomic mass is 10.2. The maximum atomic E-state index is 5.68. The van der Waals surface area contributed by atoms with Gasteiger partial charge >= 0.3 is 0 Å². The average Bonchev–Trinajstić information content (AvgIpc) is 2.18. The summed E-state index contributed by atoms with van der Waals surface area (Å²) in [6.07, 6.45) is 0.625. The molecule has 2 heteroatoms. The fourth-order valence-corrected chi connectivity index (χ4v) is 1.96. The van der Waals surface area contributed by atoms with Gasteiger partial charge in [0, 0.05) is 24.8 Å². The number of nitrogens with zero attached hydrogens (tertiary/aromatic N) is 1. The van der Waals surface area contributed by atoms with Gasteiger partial charge in [-0.15, -0.1) is 0 Å². The second-order valence-corrected chi connectivity index (χ2v) is 3.91. The van der Waals surface area contributed by atoms with Crippen molar-refractivity contribution in [3.05, 3.63) is 30.3 Å². The van der Waals surface area contributed by atoms with Crippen LogP contribution in [0.4, 0.5) is 5.69 Å². The Bertz CT molecular complexity index is 276. The molecule has 0 spiro atoms. The SMILES string of the molecule is CC1CN(c2[c]cccc2)CC(C)O1. The molecule has 1 saturated heterocycles. The zero-order chi connectivity index (χ0) is 9.97. The Hall–Kier alpha value is -1.02. The van der Waals surface area contributed by atoms with Crippen molar-refractivity contribution in [2.75, 3.05) is 18.0 Å². The van der Waals surface area contributed by atoms with Crippen LogP contribution < -0.4 is 4.90 Å². The Balaban J connectivity index is 2.11. The predicted molar refractivity (Wildman–Crippen MR) is 57.5 cm³/mol. The number of hydrogen-bond donors (Lipinski definition) is 0. The summed E-state index contributed by atoms with van der Waals surface area (Å²) in [4.78, 5) is 2.33. The lowest BCUT2D eigenvalue weighted by Gasteiger charge is -2.36. The normalized spacial score (nSPS) is 27.7. The van der Waals surface area contributed by atoms with Crippen LogP contribution in [0.25, 0.3) is 0 Å². The maximum Gasteiger partial charge on any atom is 0.0726 e. The predicted octanol–water partition coefficient (Wildman–Crippen LogP) is 2.10. The highest BCUT2D eigenvalue weighted by Gasteiger charge is 2.21. The van der Waals surface area contributed by atoms with Crippen LogP contribution in [0.1, 0.15) is 13.8 Å². The van der Waals surface area contributed by atoms with Crippen molar-refractivity contribution in [1.82, 2.24) is 0 Å². The Morgan fingerprint density at radius 1 is 1.29 bits per heavy atom. The van der Waals surface area contributed by atoms with E-state index in [0.717, 1.165) is 13.1 Å². The van der Waals surface area contributed by atoms with E-state index >= 15 is 0 Å². The summed E-state index contributed by atoms with van der Waals surface area (Å²) < 4.78 is 5.68. The zero-order valence-electron chi connectivity index (χ0n) is 8.73. The first-order chi connectivity index (χ1) is 6.75. The minimum absolute atomic E-state index is 0.312. The van der Waals surface area contributed by atoms with Crippen LogP contribution in [0.3, 0.4) is 0 Å². The number of para-hydroxylation sites is 1. The molecule has 2 atom stereocenters. The first kappa shape index (κ1) is 9.53. The minimum atomic E-state index is 0.312. The van der Waals surface area contributed by atoms with E-state index < -0.39 is 0 Å². The zero-order valence-corrected chi connectivity index (χ0v) is 8.73. The average molecular weight is 190 g/mol. The summed E-state index contributed by atoms with van der Waals surface area (Å²) in [6, 6.07) is 11.4. The lowest BCUT2D eigenvalue weighted by Crippen LogP contribution is -2.45. The highest BCUT2D eigenvalue weighted by molar-refractivity contribution is 5.45. The molecule has 2 rings (SSSR count). The number of rotatable bonds is 1. The van der Waals surface area contributed by atoms with Crippen LogP contribution in [0.2, 0.25) is 0 Å². The Labute approximate surface area is 85.5 Å². The van der Waals surface area contributed by atoms with E-state index in [-0.39, 0.29) is 0 Å². The summed E-state index contributed by atoms with van der Waals surface area (Å²) in [5, 5.41) is 0. The Morgan fingerprint density at radius 2 is 2.00 bits per heavy atom. The molecular weight excluding hydrogens is 174 g/mol. The van der Waals surface area contributed by atoms with Crippen molar-refractivity contribution in [2.24, 2.45) is 0 Å². The molecule has 1 aliphatic rings. The van der Waals surface area contributed by atoms with Crippen LogP contribution in [0.15, 0.2) is 24.3 Å². The Kier molecular flexibility index (Phi) is 2.73. The van der Waals surface area contributed by atoms with Crippen molar-refractivity contribution in [1.29, 1.82) is 0 Å². The number of hydrogen-bond acceptors (Lipinski definition) is 2. The molecule has 0 aromatic heterocycles. The van der Waals surface area contributed by atoms with E-state index in [2.05, 4.69) is 36.9 Å². The molecule has 0 saturated carbocycles. The molecule has 1 fully saturated rings. The first-order valence-electron chi connectivity index (χ1n) is 5.13. The van der Waals surface area contributed by atoms with Crippen LogP contribution in [0.5, 0.6) is 0 Å². The van der Waals surface area contributed by atoms with Gasteiger partial charge in [-0.25, -0.2) is 0 Å². The van der Waals surface area contributed by atoms with E-state index in [1.165, 1.54) is 5.69 Å². The number of anilines is 1. The molecule has 2 unspecified atom stereocenters. The number of morpholine rings is 1. The van der Waals surface area contributed by atoms with Gasteiger partial charge in [-0.3, -0.25) is 0 Å². The van der Waals surface area contributed by atoms with Gasteiger partial charge in [0.05, 0.1) is 12.2 Å². The van der Waals surface area contributed by atoms with Crippen LogP contribution in [-0.2, 0) is 4.74 Å². The van der Waals surface area contributed by atoms with Gasteiger partial charge in [-0.1, -0.05) is 18.2 Å². The topological polar surface area (TPSA) is 12.5 Å². The first-order valence-corrected chi connectivity index (χ1v) is 5.13. The fourth-order valence-electron chi connectivity index (χ4n) is 1.96. The summed E-state index contributed by atoms with van der Waals surface area (Å²) in [6.45, 7) is 6.16. The second kappa shape index (κ2) is 4.01. The molecule has 1 aromatic rings. The summed E-state index contributed by atoms with van der Waals surface area (Å²) >= 11 is 0. The molecule has 1 radical (unpaired) electrons. The van der Waals surface area contributed by atoms with E-state index in [1.807, 2.05) is 12.1 Å². The van der Waals surface area contributed by atoms with E-state index in [0.29, 0.717) is 12.2 Å². The van der Waals surface area contributed by atoms with Crippen molar-refractivity contribution in [2.45, 2.75) is 26.1 Å². The van der Waals surface area contributed by atoms with Gasteiger partial charge < -0.3 is 9.64 Å². The lowest BCUT2D eigenvalue weighted by molar-refractivity contribution is -0.00523. The van der Waals surface area contributed by atoms with E-state index in [9.17, 15) is 0 Å². The van der Waals surface area contributed by atoms with Gasteiger partial charge in [0.15, 0.2) is 0 Å². The molecule has 0 bridgehead atoms. The van der Waals surface area contributed by atoms with Gasteiger partial charge in [0.1, 0.15) is 0 Å². The number of benzene rings is 1. The third kappa shape index (κ3) is 2.07. The Morgan fingerprint density at radius 3 is 2.57 bits per heavy atom. The molecular formula is C12H16NO. The highest BCUT2D eigenvalue weighted by atomic mass is 16.5. The van der Waals surface area contributed by atoms with Crippen LogP contribution >= 0.6 is 0 Å². The van der Waals surface area contributed by atoms with Gasteiger partial charge in [0.25, 0.3) is 0 Å². The molecule has 1 heterocycles. The third-order valence-corrected chi connectivity index (χ3v) is 2.45. The number of ether oxygens (including phenoxy) is 1. The largest absolute Gasteiger partial charge is 0.372 e. The van der Waals surface area contributed by atoms with Gasteiger partial charge in [-0.05, 0) is 19.9 Å². The molecule has 1 aliphatic heterocycles. The molecule has 0 aliphatic carbocycles. The monoisotopic (exact) mass is 190 g/mol. The standard InChI is InChI=1S/C12H16NO/c1-10-8-13(9-11(2)14-10)12-6-4-3-5-7-12/h3-6,10-11H,8-9H2,1-2H3. The van der Waals surface area contributed by atoms with Crippen LogP contribution in [0, 0.1) is 6.07 Å². The fraction of sp³-hybridized carbons (Fsp3) is 0.500.